The van der Waals surface area contributed by atoms with Gasteiger partial charge in [0.1, 0.15) is 11.5 Å². The number of carbonyl (C=O) groups excluding carboxylic acids is 1. The quantitative estimate of drug-likeness (QED) is 0.769. The van der Waals surface area contributed by atoms with Crippen LogP contribution in [0.2, 0.25) is 5.02 Å². The summed E-state index contributed by atoms with van der Waals surface area (Å²) in [5, 5.41) is 11.8. The van der Waals surface area contributed by atoms with Gasteiger partial charge in [0, 0.05) is 22.2 Å². The van der Waals surface area contributed by atoms with Gasteiger partial charge in [-0.1, -0.05) is 23.7 Å². The van der Waals surface area contributed by atoms with Gasteiger partial charge in [-0.15, -0.1) is 0 Å². The topological polar surface area (TPSA) is 92.7 Å². The third kappa shape index (κ3) is 5.58. The molecule has 0 fully saturated rings. The van der Waals surface area contributed by atoms with E-state index in [4.69, 9.17) is 21.4 Å². The fraction of sp³-hybridized carbons (Fsp3) is 0.176. The molecule has 2 aromatic rings. The summed E-state index contributed by atoms with van der Waals surface area (Å²) >= 11 is 5.98. The van der Waals surface area contributed by atoms with Crippen molar-refractivity contribution in [2.45, 2.75) is 5.75 Å². The van der Waals surface area contributed by atoms with Crippen molar-refractivity contribution in [1.82, 2.24) is 0 Å². The Balaban J connectivity index is 1.90. The van der Waals surface area contributed by atoms with E-state index in [0.29, 0.717) is 22.0 Å². The molecule has 132 valence electrons. The number of carboxylic acids is 1. The van der Waals surface area contributed by atoms with E-state index in [-0.39, 0.29) is 17.1 Å². The van der Waals surface area contributed by atoms with E-state index in [1.165, 1.54) is 19.2 Å². The number of hydrogen-bond donors (Lipinski definition) is 2. The molecule has 0 aliphatic carbocycles. The second-order valence-corrected chi connectivity index (χ2v) is 6.99. The lowest BCUT2D eigenvalue weighted by Crippen LogP contribution is -2.20. The molecule has 0 spiro atoms. The predicted octanol–water partition coefficient (Wildman–Crippen LogP) is 2.93. The summed E-state index contributed by atoms with van der Waals surface area (Å²) in [6.45, 7) is 0. The van der Waals surface area contributed by atoms with Gasteiger partial charge in [0.15, 0.2) is 0 Å². The van der Waals surface area contributed by atoms with Crippen molar-refractivity contribution >= 4 is 40.0 Å². The number of halogens is 1. The van der Waals surface area contributed by atoms with Crippen molar-refractivity contribution in [2.24, 2.45) is 0 Å². The minimum Gasteiger partial charge on any atom is -0.495 e. The second kappa shape index (κ2) is 8.64. The van der Waals surface area contributed by atoms with E-state index in [1.807, 2.05) is 0 Å². The minimum atomic E-state index is -1.42. The minimum absolute atomic E-state index is 0.156. The first-order valence-electron chi connectivity index (χ1n) is 7.19. The zero-order valence-corrected chi connectivity index (χ0v) is 14.9. The molecule has 0 saturated carbocycles. The molecule has 0 radical (unpaired) electrons. The van der Waals surface area contributed by atoms with Crippen molar-refractivity contribution < 1.29 is 23.6 Å². The fourth-order valence-corrected chi connectivity index (χ4v) is 3.36. The number of aromatic carboxylic acids is 1. The third-order valence-electron chi connectivity index (χ3n) is 3.26. The molecular formula is C17H16ClNO5S. The molecule has 0 aromatic heterocycles. The van der Waals surface area contributed by atoms with Crippen molar-refractivity contribution in [1.29, 1.82) is 0 Å². The fourth-order valence-electron chi connectivity index (χ4n) is 2.07. The zero-order chi connectivity index (χ0) is 18.4. The van der Waals surface area contributed by atoms with Gasteiger partial charge in [0.25, 0.3) is 0 Å². The highest BCUT2D eigenvalue weighted by Crippen LogP contribution is 2.27. The largest absolute Gasteiger partial charge is 0.495 e. The summed E-state index contributed by atoms with van der Waals surface area (Å²) in [5.41, 5.74) is 1.34. The van der Waals surface area contributed by atoms with Crippen LogP contribution in [0.3, 0.4) is 0 Å². The molecule has 25 heavy (non-hydrogen) atoms. The van der Waals surface area contributed by atoms with Crippen LogP contribution >= 0.6 is 11.6 Å². The molecule has 2 rings (SSSR count). The number of ether oxygens (including phenoxy) is 1. The van der Waals surface area contributed by atoms with E-state index in [0.717, 1.165) is 0 Å². The van der Waals surface area contributed by atoms with Crippen LogP contribution in [-0.2, 0) is 21.3 Å². The standard InChI is InChI=1S/C17H16ClNO5S/c1-24-15-7-6-13(8-14(15)18)19-16(20)10-25(23)9-11-2-4-12(5-3-11)17(21)22/h2-8H,9-10H2,1H3,(H,19,20)(H,21,22). The number of rotatable bonds is 7. The maximum Gasteiger partial charge on any atom is 0.335 e. The smallest absolute Gasteiger partial charge is 0.335 e. The maximum absolute atomic E-state index is 12.1. The lowest BCUT2D eigenvalue weighted by Gasteiger charge is -2.08. The van der Waals surface area contributed by atoms with E-state index in [1.54, 1.807) is 30.3 Å². The average Bonchev–Trinajstić information content (AvgIpc) is 2.55. The van der Waals surface area contributed by atoms with Gasteiger partial charge < -0.3 is 15.2 Å². The molecule has 1 unspecified atom stereocenters. The second-order valence-electron chi connectivity index (χ2n) is 5.13. The molecule has 1 atom stereocenters. The van der Waals surface area contributed by atoms with Gasteiger partial charge >= 0.3 is 5.97 Å². The first-order chi connectivity index (χ1) is 11.9. The van der Waals surface area contributed by atoms with Gasteiger partial charge in [0.05, 0.1) is 17.7 Å². The molecule has 1 amide bonds. The SMILES string of the molecule is COc1ccc(NC(=O)CS(=O)Cc2ccc(C(=O)O)cc2)cc1Cl. The Morgan fingerprint density at radius 2 is 1.88 bits per heavy atom. The van der Waals surface area contributed by atoms with E-state index in [9.17, 15) is 13.8 Å². The lowest BCUT2D eigenvalue weighted by molar-refractivity contribution is -0.113. The highest BCUT2D eigenvalue weighted by molar-refractivity contribution is 7.84. The first kappa shape index (κ1) is 19.0. The highest BCUT2D eigenvalue weighted by atomic mass is 35.5. The molecule has 0 bridgehead atoms. The number of amides is 1. The van der Waals surface area contributed by atoms with Crippen molar-refractivity contribution in [3.63, 3.8) is 0 Å². The Kier molecular flexibility index (Phi) is 6.55. The van der Waals surface area contributed by atoms with Gasteiger partial charge in [0.2, 0.25) is 5.91 Å². The summed E-state index contributed by atoms with van der Waals surface area (Å²) < 4.78 is 17.1. The van der Waals surface area contributed by atoms with Crippen molar-refractivity contribution in [2.75, 3.05) is 18.2 Å². The van der Waals surface area contributed by atoms with Crippen LogP contribution in [-0.4, -0.2) is 34.1 Å². The van der Waals surface area contributed by atoms with Crippen LogP contribution in [0.15, 0.2) is 42.5 Å². The van der Waals surface area contributed by atoms with Crippen LogP contribution in [0, 0.1) is 0 Å². The Bertz CT molecular complexity index is 807. The molecule has 6 nitrogen and oxygen atoms in total. The number of carbonyl (C=O) groups is 2. The molecule has 2 aromatic carbocycles. The molecular weight excluding hydrogens is 366 g/mol. The number of nitrogens with one attached hydrogen (secondary N) is 1. The van der Waals surface area contributed by atoms with E-state index >= 15 is 0 Å². The number of carboxylic acid groups (broad SMARTS) is 1. The van der Waals surface area contributed by atoms with Gasteiger partial charge in [-0.3, -0.25) is 9.00 Å². The molecule has 0 saturated heterocycles. The Hall–Kier alpha value is -2.38. The van der Waals surface area contributed by atoms with Crippen LogP contribution in [0.25, 0.3) is 0 Å². The molecule has 0 aliphatic rings. The summed E-state index contributed by atoms with van der Waals surface area (Å²) in [5.74, 6) is -0.943. The zero-order valence-electron chi connectivity index (χ0n) is 13.3. The number of anilines is 1. The summed E-state index contributed by atoms with van der Waals surface area (Å²) in [4.78, 5) is 22.8. The summed E-state index contributed by atoms with van der Waals surface area (Å²) in [6.07, 6.45) is 0. The van der Waals surface area contributed by atoms with E-state index in [2.05, 4.69) is 5.32 Å². The van der Waals surface area contributed by atoms with Gasteiger partial charge in [-0.2, -0.15) is 0 Å². The van der Waals surface area contributed by atoms with Crippen molar-refractivity contribution in [3.05, 3.63) is 58.6 Å². The summed E-state index contributed by atoms with van der Waals surface area (Å²) in [6, 6.07) is 10.9. The molecule has 0 heterocycles. The van der Waals surface area contributed by atoms with Gasteiger partial charge in [-0.05, 0) is 35.9 Å². The van der Waals surface area contributed by atoms with Crippen LogP contribution in [0.4, 0.5) is 5.69 Å². The summed E-state index contributed by atoms with van der Waals surface area (Å²) in [7, 11) is 0.0711. The van der Waals surface area contributed by atoms with E-state index < -0.39 is 22.7 Å². The monoisotopic (exact) mass is 381 g/mol. The Morgan fingerprint density at radius 3 is 2.44 bits per heavy atom. The third-order valence-corrected chi connectivity index (χ3v) is 4.79. The average molecular weight is 382 g/mol. The van der Waals surface area contributed by atoms with Crippen LogP contribution in [0.1, 0.15) is 15.9 Å². The number of benzene rings is 2. The van der Waals surface area contributed by atoms with Crippen LogP contribution in [0.5, 0.6) is 5.75 Å². The maximum atomic E-state index is 12.1. The first-order valence-corrected chi connectivity index (χ1v) is 9.06. The Labute approximate surface area is 152 Å². The molecule has 2 N–H and O–H groups in total. The molecule has 0 aliphatic heterocycles. The number of hydrogen-bond acceptors (Lipinski definition) is 4. The Morgan fingerprint density at radius 1 is 1.20 bits per heavy atom. The predicted molar refractivity (Wildman–Crippen MR) is 96.7 cm³/mol. The highest BCUT2D eigenvalue weighted by Gasteiger charge is 2.11. The number of methoxy groups -OCH3 is 1. The normalized spacial score (nSPS) is 11.6. The van der Waals surface area contributed by atoms with Crippen molar-refractivity contribution in [3.8, 4) is 5.75 Å². The van der Waals surface area contributed by atoms with Gasteiger partial charge in [-0.25, -0.2) is 4.79 Å². The van der Waals surface area contributed by atoms with Crippen LogP contribution < -0.4 is 10.1 Å². The lowest BCUT2D eigenvalue weighted by atomic mass is 10.1. The molecule has 8 heteroatoms.